The van der Waals surface area contributed by atoms with Gasteiger partial charge in [0.15, 0.2) is 0 Å². The maximum Gasteiger partial charge on any atom is 0.122 e. The summed E-state index contributed by atoms with van der Waals surface area (Å²) in [5.74, 6) is 0.901. The molecule has 0 aliphatic rings. The standard InChI is InChI=1S/C15H18BrNOS/c1-11(2)17-9-14-7-8-15(19-14)10-18-13-5-3-12(16)4-6-13/h3-8,11,17H,9-10H2,1-2H3. The second-order valence-corrected chi connectivity index (χ2v) is 6.81. The summed E-state index contributed by atoms with van der Waals surface area (Å²) >= 11 is 5.21. The third-order valence-electron chi connectivity index (χ3n) is 2.60. The van der Waals surface area contributed by atoms with E-state index in [1.54, 1.807) is 11.3 Å². The molecule has 4 heteroatoms. The highest BCUT2D eigenvalue weighted by molar-refractivity contribution is 9.10. The molecule has 0 fully saturated rings. The van der Waals surface area contributed by atoms with Crippen LogP contribution in [-0.2, 0) is 13.2 Å². The number of benzene rings is 1. The van der Waals surface area contributed by atoms with Crippen LogP contribution in [0.4, 0.5) is 0 Å². The third-order valence-corrected chi connectivity index (χ3v) is 4.18. The Bertz CT molecular complexity index is 507. The fourth-order valence-corrected chi connectivity index (χ4v) is 2.73. The Labute approximate surface area is 126 Å². The molecule has 0 aliphatic carbocycles. The van der Waals surface area contributed by atoms with Crippen molar-refractivity contribution < 1.29 is 4.74 Å². The van der Waals surface area contributed by atoms with Gasteiger partial charge in [-0.3, -0.25) is 0 Å². The smallest absolute Gasteiger partial charge is 0.122 e. The first-order chi connectivity index (χ1) is 9.13. The molecule has 0 saturated carbocycles. The van der Waals surface area contributed by atoms with Crippen LogP contribution < -0.4 is 10.1 Å². The second-order valence-electron chi connectivity index (χ2n) is 4.65. The molecule has 1 aromatic carbocycles. The molecular formula is C15H18BrNOS. The molecule has 102 valence electrons. The van der Waals surface area contributed by atoms with Gasteiger partial charge in [-0.2, -0.15) is 0 Å². The van der Waals surface area contributed by atoms with Gasteiger partial charge in [-0.05, 0) is 36.4 Å². The van der Waals surface area contributed by atoms with Crippen LogP contribution in [0.15, 0.2) is 40.9 Å². The predicted molar refractivity (Wildman–Crippen MR) is 84.8 cm³/mol. The van der Waals surface area contributed by atoms with E-state index in [9.17, 15) is 0 Å². The molecule has 0 unspecified atom stereocenters. The molecule has 0 radical (unpaired) electrons. The number of ether oxygens (including phenoxy) is 1. The first kappa shape index (κ1) is 14.6. The summed E-state index contributed by atoms with van der Waals surface area (Å²) in [4.78, 5) is 2.60. The molecule has 1 aromatic heterocycles. The first-order valence-electron chi connectivity index (χ1n) is 6.33. The summed E-state index contributed by atoms with van der Waals surface area (Å²) in [6, 6.07) is 12.7. The van der Waals surface area contributed by atoms with Crippen molar-refractivity contribution in [2.24, 2.45) is 0 Å². The summed E-state index contributed by atoms with van der Waals surface area (Å²) in [5.41, 5.74) is 0. The van der Waals surface area contributed by atoms with Crippen LogP contribution >= 0.6 is 27.3 Å². The van der Waals surface area contributed by atoms with Gasteiger partial charge in [0.1, 0.15) is 12.4 Å². The van der Waals surface area contributed by atoms with Crippen LogP contribution in [0.1, 0.15) is 23.6 Å². The molecule has 0 atom stereocenters. The Kier molecular flexibility index (Phi) is 5.43. The van der Waals surface area contributed by atoms with Gasteiger partial charge in [-0.1, -0.05) is 29.8 Å². The molecule has 0 bridgehead atoms. The zero-order chi connectivity index (χ0) is 13.7. The van der Waals surface area contributed by atoms with Gasteiger partial charge in [-0.15, -0.1) is 11.3 Å². The normalized spacial score (nSPS) is 10.9. The highest BCUT2D eigenvalue weighted by Gasteiger charge is 2.02. The molecule has 1 heterocycles. The lowest BCUT2D eigenvalue weighted by molar-refractivity contribution is 0.310. The van der Waals surface area contributed by atoms with Gasteiger partial charge < -0.3 is 10.1 Å². The SMILES string of the molecule is CC(C)NCc1ccc(COc2ccc(Br)cc2)s1. The van der Waals surface area contributed by atoms with Crippen molar-refractivity contribution in [2.45, 2.75) is 33.0 Å². The Hall–Kier alpha value is -0.840. The second kappa shape index (κ2) is 7.08. The molecule has 0 spiro atoms. The Morgan fingerprint density at radius 3 is 2.47 bits per heavy atom. The lowest BCUT2D eigenvalue weighted by Gasteiger charge is -2.06. The summed E-state index contributed by atoms with van der Waals surface area (Å²) in [7, 11) is 0. The van der Waals surface area contributed by atoms with Crippen molar-refractivity contribution in [1.82, 2.24) is 5.32 Å². The van der Waals surface area contributed by atoms with Gasteiger partial charge in [0, 0.05) is 26.8 Å². The summed E-state index contributed by atoms with van der Waals surface area (Å²) in [6.07, 6.45) is 0. The van der Waals surface area contributed by atoms with Gasteiger partial charge in [0.2, 0.25) is 0 Å². The van der Waals surface area contributed by atoms with Crippen LogP contribution in [0.25, 0.3) is 0 Å². The van der Waals surface area contributed by atoms with E-state index in [2.05, 4.69) is 47.2 Å². The Balaban J connectivity index is 1.84. The number of rotatable bonds is 6. The predicted octanol–water partition coefficient (Wildman–Crippen LogP) is 4.59. The van der Waals surface area contributed by atoms with E-state index < -0.39 is 0 Å². The van der Waals surface area contributed by atoms with Crippen LogP contribution in [0.2, 0.25) is 0 Å². The highest BCUT2D eigenvalue weighted by atomic mass is 79.9. The molecule has 0 saturated heterocycles. The minimum absolute atomic E-state index is 0.518. The lowest BCUT2D eigenvalue weighted by Crippen LogP contribution is -2.21. The molecule has 19 heavy (non-hydrogen) atoms. The number of hydrogen-bond donors (Lipinski definition) is 1. The van der Waals surface area contributed by atoms with Crippen molar-refractivity contribution in [1.29, 1.82) is 0 Å². The Morgan fingerprint density at radius 2 is 1.79 bits per heavy atom. The largest absolute Gasteiger partial charge is 0.488 e. The van der Waals surface area contributed by atoms with Gasteiger partial charge >= 0.3 is 0 Å². The molecule has 0 aliphatic heterocycles. The van der Waals surface area contributed by atoms with Crippen LogP contribution in [-0.4, -0.2) is 6.04 Å². The summed E-state index contributed by atoms with van der Waals surface area (Å²) in [5, 5.41) is 3.42. The summed E-state index contributed by atoms with van der Waals surface area (Å²) < 4.78 is 6.82. The van der Waals surface area contributed by atoms with E-state index in [1.165, 1.54) is 9.75 Å². The van der Waals surface area contributed by atoms with Gasteiger partial charge in [0.25, 0.3) is 0 Å². The lowest BCUT2D eigenvalue weighted by atomic mass is 10.3. The molecule has 0 amide bonds. The van der Waals surface area contributed by atoms with E-state index in [1.807, 2.05) is 24.3 Å². The number of nitrogens with one attached hydrogen (secondary N) is 1. The monoisotopic (exact) mass is 339 g/mol. The van der Waals surface area contributed by atoms with Crippen molar-refractivity contribution in [3.8, 4) is 5.75 Å². The van der Waals surface area contributed by atoms with Gasteiger partial charge in [-0.25, -0.2) is 0 Å². The van der Waals surface area contributed by atoms with Gasteiger partial charge in [0.05, 0.1) is 0 Å². The van der Waals surface area contributed by atoms with E-state index in [4.69, 9.17) is 4.74 Å². The van der Waals surface area contributed by atoms with E-state index in [0.717, 1.165) is 16.8 Å². The number of thiophene rings is 1. The average molecular weight is 340 g/mol. The van der Waals surface area contributed by atoms with Crippen LogP contribution in [0, 0.1) is 0 Å². The number of hydrogen-bond acceptors (Lipinski definition) is 3. The minimum Gasteiger partial charge on any atom is -0.488 e. The maximum absolute atomic E-state index is 5.76. The van der Waals surface area contributed by atoms with Crippen molar-refractivity contribution in [2.75, 3.05) is 0 Å². The first-order valence-corrected chi connectivity index (χ1v) is 7.94. The zero-order valence-corrected chi connectivity index (χ0v) is 13.6. The molecule has 1 N–H and O–H groups in total. The fraction of sp³-hybridized carbons (Fsp3) is 0.333. The summed E-state index contributed by atoms with van der Waals surface area (Å²) in [6.45, 7) is 5.88. The molecule has 2 aromatic rings. The van der Waals surface area contributed by atoms with Crippen molar-refractivity contribution in [3.05, 3.63) is 50.6 Å². The molecule has 2 rings (SSSR count). The molecular weight excluding hydrogens is 322 g/mol. The van der Waals surface area contributed by atoms with Crippen molar-refractivity contribution in [3.63, 3.8) is 0 Å². The maximum atomic E-state index is 5.76. The van der Waals surface area contributed by atoms with E-state index in [-0.39, 0.29) is 0 Å². The topological polar surface area (TPSA) is 21.3 Å². The highest BCUT2D eigenvalue weighted by Crippen LogP contribution is 2.21. The fourth-order valence-electron chi connectivity index (χ4n) is 1.58. The number of halogens is 1. The minimum atomic E-state index is 0.518. The van der Waals surface area contributed by atoms with Crippen LogP contribution in [0.5, 0.6) is 5.75 Å². The third kappa shape index (κ3) is 4.97. The van der Waals surface area contributed by atoms with Crippen molar-refractivity contribution >= 4 is 27.3 Å². The Morgan fingerprint density at radius 1 is 1.11 bits per heavy atom. The van der Waals surface area contributed by atoms with E-state index in [0.29, 0.717) is 12.6 Å². The molecule has 2 nitrogen and oxygen atoms in total. The van der Waals surface area contributed by atoms with E-state index >= 15 is 0 Å². The van der Waals surface area contributed by atoms with Crippen LogP contribution in [0.3, 0.4) is 0 Å². The quantitative estimate of drug-likeness (QED) is 0.831. The zero-order valence-electron chi connectivity index (χ0n) is 11.2. The average Bonchev–Trinajstić information content (AvgIpc) is 2.84.